The fourth-order valence-electron chi connectivity index (χ4n) is 1.51. The van der Waals surface area contributed by atoms with Gasteiger partial charge in [-0.2, -0.15) is 5.10 Å². The second kappa shape index (κ2) is 6.69. The second-order valence-electron chi connectivity index (χ2n) is 4.21. The number of phenolic OH excluding ortho intramolecular Hbond substituents is 1. The zero-order valence-corrected chi connectivity index (χ0v) is 13.3. The van der Waals surface area contributed by atoms with Crippen LogP contribution in [0.5, 0.6) is 5.75 Å². The molecule has 0 radical (unpaired) electrons. The van der Waals surface area contributed by atoms with Crippen LogP contribution in [0.4, 0.5) is 0 Å². The molecule has 108 valence electrons. The van der Waals surface area contributed by atoms with E-state index in [-0.39, 0.29) is 16.7 Å². The Hall–Kier alpha value is -1.92. The van der Waals surface area contributed by atoms with Crippen LogP contribution < -0.4 is 5.43 Å². The number of rotatable bonds is 3. The van der Waals surface area contributed by atoms with Crippen LogP contribution in [0.25, 0.3) is 0 Å². The zero-order valence-electron chi connectivity index (χ0n) is 11.0. The van der Waals surface area contributed by atoms with Gasteiger partial charge in [0.15, 0.2) is 0 Å². The van der Waals surface area contributed by atoms with E-state index < -0.39 is 0 Å². The summed E-state index contributed by atoms with van der Waals surface area (Å²) in [5.74, 6) is -0.491. The van der Waals surface area contributed by atoms with Gasteiger partial charge in [-0.15, -0.1) is 0 Å². The number of halogens is 2. The topological polar surface area (TPSA) is 74.6 Å². The van der Waals surface area contributed by atoms with Crippen molar-refractivity contribution in [2.75, 3.05) is 0 Å². The maximum atomic E-state index is 11.8. The predicted octanol–water partition coefficient (Wildman–Crippen LogP) is 3.28. The third kappa shape index (κ3) is 4.03. The van der Waals surface area contributed by atoms with Gasteiger partial charge >= 0.3 is 0 Å². The van der Waals surface area contributed by atoms with Gasteiger partial charge in [-0.1, -0.05) is 27.5 Å². The molecule has 0 aliphatic heterocycles. The Morgan fingerprint density at radius 1 is 1.48 bits per heavy atom. The average molecular weight is 369 g/mol. The summed E-state index contributed by atoms with van der Waals surface area (Å²) in [6.45, 7) is 1.83. The molecule has 0 saturated heterocycles. The first-order valence-corrected chi connectivity index (χ1v) is 7.08. The number of benzene rings is 1. The Bertz CT molecular complexity index is 702. The van der Waals surface area contributed by atoms with Gasteiger partial charge in [0.05, 0.1) is 16.8 Å². The predicted molar refractivity (Wildman–Crippen MR) is 84.9 cm³/mol. The van der Waals surface area contributed by atoms with Gasteiger partial charge in [0.2, 0.25) is 0 Å². The van der Waals surface area contributed by atoms with Crippen LogP contribution in [0, 0.1) is 6.92 Å². The number of hydrazone groups is 1. The summed E-state index contributed by atoms with van der Waals surface area (Å²) in [7, 11) is 0. The minimum absolute atomic E-state index is 0.102. The number of aryl methyl sites for hydroxylation is 1. The lowest BCUT2D eigenvalue weighted by Crippen LogP contribution is -2.17. The van der Waals surface area contributed by atoms with E-state index in [4.69, 9.17) is 11.6 Å². The normalized spacial score (nSPS) is 10.8. The zero-order chi connectivity index (χ0) is 15.4. The number of carbonyl (C=O) groups excluding carboxylic acids is 1. The maximum Gasteiger partial charge on any atom is 0.272 e. The number of amides is 1. The number of carbonyl (C=O) groups is 1. The van der Waals surface area contributed by atoms with Crippen LogP contribution in [-0.4, -0.2) is 22.2 Å². The number of nitrogens with zero attached hydrogens (tertiary/aromatic N) is 2. The molecular weight excluding hydrogens is 358 g/mol. The monoisotopic (exact) mass is 367 g/mol. The summed E-state index contributed by atoms with van der Waals surface area (Å²) in [5.41, 5.74) is 3.96. The summed E-state index contributed by atoms with van der Waals surface area (Å²) in [5, 5.41) is 13.8. The van der Waals surface area contributed by atoms with Gasteiger partial charge in [-0.25, -0.2) is 5.43 Å². The standard InChI is InChI=1S/C14H11BrClN3O2/c1-8-2-3-9(6-17-8)14(21)19-18-7-10-4-11(15)5-12(16)13(10)20/h2-7,20H,1H3,(H,19,21)/b18-7+. The van der Waals surface area contributed by atoms with Crippen molar-refractivity contribution in [3.63, 3.8) is 0 Å². The molecule has 0 fully saturated rings. The highest BCUT2D eigenvalue weighted by Crippen LogP contribution is 2.30. The molecule has 1 heterocycles. The molecule has 2 N–H and O–H groups in total. The minimum atomic E-state index is -0.390. The molecule has 21 heavy (non-hydrogen) atoms. The number of pyridine rings is 1. The molecule has 1 aromatic carbocycles. The first-order chi connectivity index (χ1) is 9.97. The summed E-state index contributed by atoms with van der Waals surface area (Å²) in [4.78, 5) is 15.8. The van der Waals surface area contributed by atoms with Crippen LogP contribution in [0.1, 0.15) is 21.6 Å². The highest BCUT2D eigenvalue weighted by Gasteiger charge is 2.07. The number of hydrogen-bond donors (Lipinski definition) is 2. The van der Waals surface area contributed by atoms with E-state index in [1.165, 1.54) is 12.4 Å². The Morgan fingerprint density at radius 2 is 2.24 bits per heavy atom. The van der Waals surface area contributed by atoms with Crippen molar-refractivity contribution in [3.8, 4) is 5.75 Å². The van der Waals surface area contributed by atoms with E-state index in [1.54, 1.807) is 24.3 Å². The van der Waals surface area contributed by atoms with Gasteiger partial charge < -0.3 is 5.11 Å². The third-order valence-corrected chi connectivity index (χ3v) is 3.35. The molecule has 1 amide bonds. The highest BCUT2D eigenvalue weighted by molar-refractivity contribution is 9.10. The van der Waals surface area contributed by atoms with E-state index in [9.17, 15) is 9.90 Å². The van der Waals surface area contributed by atoms with Crippen molar-refractivity contribution in [2.24, 2.45) is 5.10 Å². The number of nitrogens with one attached hydrogen (secondary N) is 1. The van der Waals surface area contributed by atoms with Crippen LogP contribution >= 0.6 is 27.5 Å². The number of aromatic hydroxyl groups is 1. The third-order valence-electron chi connectivity index (χ3n) is 2.60. The molecule has 2 aromatic rings. The molecule has 0 unspecified atom stereocenters. The molecule has 1 aromatic heterocycles. The van der Waals surface area contributed by atoms with E-state index in [1.807, 2.05) is 6.92 Å². The Balaban J connectivity index is 2.09. The summed E-state index contributed by atoms with van der Waals surface area (Å²) in [6.07, 6.45) is 2.78. The Labute approximate surface area is 134 Å². The first-order valence-electron chi connectivity index (χ1n) is 5.91. The number of aromatic nitrogens is 1. The van der Waals surface area contributed by atoms with Gasteiger partial charge in [0, 0.05) is 21.9 Å². The van der Waals surface area contributed by atoms with E-state index in [0.29, 0.717) is 15.6 Å². The molecule has 0 saturated carbocycles. The van der Waals surface area contributed by atoms with E-state index in [2.05, 4.69) is 31.4 Å². The smallest absolute Gasteiger partial charge is 0.272 e. The molecule has 5 nitrogen and oxygen atoms in total. The maximum absolute atomic E-state index is 11.8. The van der Waals surface area contributed by atoms with Crippen LogP contribution in [-0.2, 0) is 0 Å². The quantitative estimate of drug-likeness (QED) is 0.645. The molecule has 7 heteroatoms. The van der Waals surface area contributed by atoms with Gasteiger partial charge in [-0.3, -0.25) is 9.78 Å². The van der Waals surface area contributed by atoms with E-state index >= 15 is 0 Å². The molecule has 0 spiro atoms. The second-order valence-corrected chi connectivity index (χ2v) is 5.54. The molecular formula is C14H11BrClN3O2. The van der Waals surface area contributed by atoms with Crippen molar-refractivity contribution in [1.29, 1.82) is 0 Å². The lowest BCUT2D eigenvalue weighted by Gasteiger charge is -2.03. The van der Waals surface area contributed by atoms with Gasteiger partial charge in [-0.05, 0) is 31.2 Å². The summed E-state index contributed by atoms with van der Waals surface area (Å²) in [6, 6.07) is 6.58. The lowest BCUT2D eigenvalue weighted by atomic mass is 10.2. The van der Waals surface area contributed by atoms with Gasteiger partial charge in [0.25, 0.3) is 5.91 Å². The SMILES string of the molecule is Cc1ccc(C(=O)N/N=C/c2cc(Br)cc(Cl)c2O)cn1. The van der Waals surface area contributed by atoms with Crippen molar-refractivity contribution in [2.45, 2.75) is 6.92 Å². The lowest BCUT2D eigenvalue weighted by molar-refractivity contribution is 0.0954. The minimum Gasteiger partial charge on any atom is -0.506 e. The molecule has 0 aliphatic carbocycles. The highest BCUT2D eigenvalue weighted by atomic mass is 79.9. The van der Waals surface area contributed by atoms with Crippen LogP contribution in [0.3, 0.4) is 0 Å². The van der Waals surface area contributed by atoms with Crippen molar-refractivity contribution >= 4 is 39.7 Å². The van der Waals surface area contributed by atoms with Crippen molar-refractivity contribution < 1.29 is 9.90 Å². The Kier molecular flexibility index (Phi) is 4.93. The molecule has 2 rings (SSSR count). The largest absolute Gasteiger partial charge is 0.506 e. The van der Waals surface area contributed by atoms with Crippen molar-refractivity contribution in [1.82, 2.24) is 10.4 Å². The van der Waals surface area contributed by atoms with Gasteiger partial charge in [0.1, 0.15) is 5.75 Å². The van der Waals surface area contributed by atoms with Crippen molar-refractivity contribution in [3.05, 3.63) is 56.8 Å². The average Bonchev–Trinajstić information content (AvgIpc) is 2.44. The molecule has 0 bridgehead atoms. The van der Waals surface area contributed by atoms with Crippen LogP contribution in [0.15, 0.2) is 40.0 Å². The molecule has 0 aliphatic rings. The fourth-order valence-corrected chi connectivity index (χ4v) is 2.35. The first kappa shape index (κ1) is 15.5. The van der Waals surface area contributed by atoms with E-state index in [0.717, 1.165) is 5.69 Å². The summed E-state index contributed by atoms with van der Waals surface area (Å²) >= 11 is 9.09. The fraction of sp³-hybridized carbons (Fsp3) is 0.0714. The van der Waals surface area contributed by atoms with Crippen LogP contribution in [0.2, 0.25) is 5.02 Å². The number of phenols is 1. The number of hydrogen-bond acceptors (Lipinski definition) is 4. The molecule has 0 atom stereocenters. The Morgan fingerprint density at radius 3 is 2.90 bits per heavy atom. The summed E-state index contributed by atoms with van der Waals surface area (Å²) < 4.78 is 0.695.